The van der Waals surface area contributed by atoms with Crippen LogP contribution in [0.3, 0.4) is 0 Å². The van der Waals surface area contributed by atoms with E-state index in [0.717, 1.165) is 0 Å². The lowest BCUT2D eigenvalue weighted by Gasteiger charge is -2.31. The van der Waals surface area contributed by atoms with E-state index in [1.807, 2.05) is 13.8 Å². The molecule has 7 nitrogen and oxygen atoms in total. The average Bonchev–Trinajstić information content (AvgIpc) is 2.59. The van der Waals surface area contributed by atoms with Crippen LogP contribution in [0.1, 0.15) is 33.1 Å². The van der Waals surface area contributed by atoms with Gasteiger partial charge in [0.25, 0.3) is 0 Å². The number of carbonyl (C=O) groups is 2. The molecule has 0 saturated carbocycles. The first-order chi connectivity index (χ1) is 12.6. The Morgan fingerprint density at radius 1 is 1.15 bits per heavy atom. The molecule has 2 rings (SSSR count). The van der Waals surface area contributed by atoms with Gasteiger partial charge in [0.2, 0.25) is 21.8 Å². The topological polar surface area (TPSA) is 95.6 Å². The number of nitrogens with one attached hydrogen (secondary N) is 2. The number of hydrogen-bond acceptors (Lipinski definition) is 4. The molecule has 2 amide bonds. The second-order valence-electron chi connectivity index (χ2n) is 6.86. The van der Waals surface area contributed by atoms with Crippen molar-refractivity contribution in [3.05, 3.63) is 28.2 Å². The number of benzene rings is 1. The van der Waals surface area contributed by atoms with Crippen LogP contribution in [-0.2, 0) is 19.6 Å². The first kappa shape index (κ1) is 21.9. The summed E-state index contributed by atoms with van der Waals surface area (Å²) in [6, 6.07) is 4.52. The fourth-order valence-electron chi connectivity index (χ4n) is 2.87. The molecule has 1 heterocycles. The van der Waals surface area contributed by atoms with E-state index in [9.17, 15) is 18.0 Å². The SMILES string of the molecule is CC(C)CC(=O)NNC(=O)C1CCN(S(=O)(=O)c2c(Cl)cccc2Cl)CC1. The molecule has 27 heavy (non-hydrogen) atoms. The van der Waals surface area contributed by atoms with E-state index >= 15 is 0 Å². The number of hydrogen-bond donors (Lipinski definition) is 2. The van der Waals surface area contributed by atoms with E-state index in [1.54, 1.807) is 6.07 Å². The second-order valence-corrected chi connectivity index (χ2v) is 9.55. The van der Waals surface area contributed by atoms with Crippen molar-refractivity contribution in [1.29, 1.82) is 0 Å². The molecule has 1 saturated heterocycles. The van der Waals surface area contributed by atoms with Gasteiger partial charge in [-0.1, -0.05) is 43.1 Å². The van der Waals surface area contributed by atoms with Crippen molar-refractivity contribution in [1.82, 2.24) is 15.2 Å². The van der Waals surface area contributed by atoms with Crippen molar-refractivity contribution in [3.8, 4) is 0 Å². The van der Waals surface area contributed by atoms with Gasteiger partial charge in [-0.15, -0.1) is 0 Å². The zero-order valence-corrected chi connectivity index (χ0v) is 17.5. The van der Waals surface area contributed by atoms with Crippen molar-refractivity contribution >= 4 is 45.0 Å². The average molecular weight is 436 g/mol. The van der Waals surface area contributed by atoms with Crippen LogP contribution in [0.5, 0.6) is 0 Å². The van der Waals surface area contributed by atoms with Crippen LogP contribution in [0.15, 0.2) is 23.1 Å². The minimum Gasteiger partial charge on any atom is -0.273 e. The third-order valence-electron chi connectivity index (χ3n) is 4.26. The fourth-order valence-corrected chi connectivity index (χ4v) is 5.43. The van der Waals surface area contributed by atoms with Gasteiger partial charge < -0.3 is 0 Å². The highest BCUT2D eigenvalue weighted by molar-refractivity contribution is 7.89. The molecule has 0 spiro atoms. The Kier molecular flexibility index (Phi) is 7.50. The molecule has 1 fully saturated rings. The predicted octanol–water partition coefficient (Wildman–Crippen LogP) is 2.59. The van der Waals surface area contributed by atoms with Gasteiger partial charge in [-0.05, 0) is 30.9 Å². The summed E-state index contributed by atoms with van der Waals surface area (Å²) in [6.07, 6.45) is 0.996. The number of nitrogens with zero attached hydrogens (tertiary/aromatic N) is 1. The maximum atomic E-state index is 12.8. The molecule has 2 N–H and O–H groups in total. The summed E-state index contributed by atoms with van der Waals surface area (Å²) < 4.78 is 26.9. The zero-order chi connectivity index (χ0) is 20.2. The predicted molar refractivity (Wildman–Crippen MR) is 104 cm³/mol. The normalized spacial score (nSPS) is 16.3. The first-order valence-corrected chi connectivity index (χ1v) is 10.9. The molecular formula is C17H23Cl2N3O4S. The minimum absolute atomic E-state index is 0.0650. The van der Waals surface area contributed by atoms with E-state index in [2.05, 4.69) is 10.9 Å². The smallest absolute Gasteiger partial charge is 0.246 e. The number of carbonyl (C=O) groups excluding carboxylic acids is 2. The molecule has 0 bridgehead atoms. The summed E-state index contributed by atoms with van der Waals surface area (Å²) in [6.45, 7) is 4.15. The molecule has 1 aromatic carbocycles. The van der Waals surface area contributed by atoms with Gasteiger partial charge in [-0.3, -0.25) is 20.4 Å². The first-order valence-electron chi connectivity index (χ1n) is 8.65. The lowest BCUT2D eigenvalue weighted by Crippen LogP contribution is -2.48. The van der Waals surface area contributed by atoms with Crippen LogP contribution in [-0.4, -0.2) is 37.6 Å². The highest BCUT2D eigenvalue weighted by atomic mass is 35.5. The Morgan fingerprint density at radius 2 is 1.70 bits per heavy atom. The van der Waals surface area contributed by atoms with Crippen LogP contribution >= 0.6 is 23.2 Å². The number of hydrazine groups is 1. The molecule has 1 aliphatic rings. The molecule has 1 aromatic rings. The van der Waals surface area contributed by atoms with Crippen LogP contribution in [0.25, 0.3) is 0 Å². The van der Waals surface area contributed by atoms with Crippen LogP contribution in [0.4, 0.5) is 0 Å². The summed E-state index contributed by atoms with van der Waals surface area (Å²) in [5.74, 6) is -0.767. The van der Waals surface area contributed by atoms with Crippen molar-refractivity contribution in [2.24, 2.45) is 11.8 Å². The van der Waals surface area contributed by atoms with Gasteiger partial charge in [-0.2, -0.15) is 4.31 Å². The Bertz CT molecular complexity index is 786. The Balaban J connectivity index is 1.95. The van der Waals surface area contributed by atoms with Gasteiger partial charge in [0.05, 0.1) is 10.0 Å². The lowest BCUT2D eigenvalue weighted by molar-refractivity contribution is -0.132. The van der Waals surface area contributed by atoms with Gasteiger partial charge in [0.15, 0.2) is 0 Å². The number of piperidine rings is 1. The number of rotatable bonds is 5. The largest absolute Gasteiger partial charge is 0.273 e. The van der Waals surface area contributed by atoms with E-state index in [1.165, 1.54) is 16.4 Å². The molecule has 0 radical (unpaired) electrons. The number of amides is 2. The molecule has 1 aliphatic heterocycles. The summed E-state index contributed by atoms with van der Waals surface area (Å²) in [7, 11) is -3.84. The van der Waals surface area contributed by atoms with Crippen LogP contribution in [0, 0.1) is 11.8 Å². The quantitative estimate of drug-likeness (QED) is 0.694. The van der Waals surface area contributed by atoms with Crippen LogP contribution < -0.4 is 10.9 Å². The Labute approximate surface area is 169 Å². The lowest BCUT2D eigenvalue weighted by atomic mass is 9.98. The maximum Gasteiger partial charge on any atom is 0.246 e. The number of halogens is 2. The van der Waals surface area contributed by atoms with Crippen molar-refractivity contribution in [2.45, 2.75) is 38.0 Å². The molecule has 0 aromatic heterocycles. The maximum absolute atomic E-state index is 12.8. The van der Waals surface area contributed by atoms with Gasteiger partial charge >= 0.3 is 0 Å². The summed E-state index contributed by atoms with van der Waals surface area (Å²) in [5.41, 5.74) is 4.80. The second kappa shape index (κ2) is 9.23. The van der Waals surface area contributed by atoms with Gasteiger partial charge in [0, 0.05) is 25.4 Å². The minimum atomic E-state index is -3.84. The Morgan fingerprint density at radius 3 is 2.22 bits per heavy atom. The van der Waals surface area contributed by atoms with Crippen molar-refractivity contribution < 1.29 is 18.0 Å². The Hall–Kier alpha value is -1.35. The summed E-state index contributed by atoms with van der Waals surface area (Å²) >= 11 is 12.0. The van der Waals surface area contributed by atoms with Crippen molar-refractivity contribution in [2.75, 3.05) is 13.1 Å². The highest BCUT2D eigenvalue weighted by Crippen LogP contribution is 2.33. The zero-order valence-electron chi connectivity index (χ0n) is 15.2. The molecule has 0 unspecified atom stereocenters. The van der Waals surface area contributed by atoms with E-state index in [4.69, 9.17) is 23.2 Å². The molecule has 150 valence electrons. The summed E-state index contributed by atoms with van der Waals surface area (Å²) in [5, 5.41) is 0.130. The van der Waals surface area contributed by atoms with Gasteiger partial charge in [0.1, 0.15) is 4.90 Å². The van der Waals surface area contributed by atoms with Crippen LogP contribution in [0.2, 0.25) is 10.0 Å². The van der Waals surface area contributed by atoms with E-state index in [0.29, 0.717) is 19.3 Å². The molecular weight excluding hydrogens is 413 g/mol. The summed E-state index contributed by atoms with van der Waals surface area (Å²) in [4.78, 5) is 23.7. The van der Waals surface area contributed by atoms with Crippen molar-refractivity contribution in [3.63, 3.8) is 0 Å². The fraction of sp³-hybridized carbons (Fsp3) is 0.529. The molecule has 10 heteroatoms. The molecule has 0 atom stereocenters. The highest BCUT2D eigenvalue weighted by Gasteiger charge is 2.34. The molecule has 0 aliphatic carbocycles. The van der Waals surface area contributed by atoms with Gasteiger partial charge in [-0.25, -0.2) is 8.42 Å². The number of sulfonamides is 1. The third-order valence-corrected chi connectivity index (χ3v) is 7.12. The third kappa shape index (κ3) is 5.57. The van der Waals surface area contributed by atoms with E-state index < -0.39 is 10.0 Å². The monoisotopic (exact) mass is 435 g/mol. The van der Waals surface area contributed by atoms with E-state index in [-0.39, 0.29) is 51.7 Å². The standard InChI is InChI=1S/C17H23Cl2N3O4S/c1-11(2)10-15(23)20-21-17(24)12-6-8-22(9-7-12)27(25,26)16-13(18)4-3-5-14(16)19/h3-5,11-12H,6-10H2,1-2H3,(H,20,23)(H,21,24).